The average Bonchev–Trinajstić information content (AvgIpc) is 2.48. The highest BCUT2D eigenvalue weighted by molar-refractivity contribution is 5.96. The summed E-state index contributed by atoms with van der Waals surface area (Å²) in [4.78, 5) is 20.2. The van der Waals surface area contributed by atoms with Crippen molar-refractivity contribution in [1.29, 1.82) is 0 Å². The average molecular weight is 300 g/mol. The second kappa shape index (κ2) is 6.90. The van der Waals surface area contributed by atoms with Crippen LogP contribution in [0.3, 0.4) is 0 Å². The summed E-state index contributed by atoms with van der Waals surface area (Å²) in [6.07, 6.45) is 2.49. The van der Waals surface area contributed by atoms with E-state index in [0.29, 0.717) is 24.0 Å². The minimum Gasteiger partial charge on any atom is -0.472 e. The van der Waals surface area contributed by atoms with Gasteiger partial charge in [-0.3, -0.25) is 4.79 Å². The molecule has 0 aromatic carbocycles. The number of aromatic nitrogens is 1. The van der Waals surface area contributed by atoms with Crippen molar-refractivity contribution >= 4 is 18.3 Å². The molecule has 2 unspecified atom stereocenters. The normalized spacial score (nSPS) is 19.8. The molecule has 0 spiro atoms. The third kappa shape index (κ3) is 3.61. The first-order valence-corrected chi connectivity index (χ1v) is 6.52. The molecule has 2 heterocycles. The summed E-state index contributed by atoms with van der Waals surface area (Å²) >= 11 is 0. The number of rotatable bonds is 3. The van der Waals surface area contributed by atoms with Gasteiger partial charge in [-0.1, -0.05) is 0 Å². The monoisotopic (exact) mass is 299 g/mol. The first-order chi connectivity index (χ1) is 8.99. The molecule has 112 valence electrons. The number of halogens is 1. The highest BCUT2D eigenvalue weighted by Crippen LogP contribution is 2.23. The Hall–Kier alpha value is -1.33. The topological polar surface area (TPSA) is 45.7 Å². The van der Waals surface area contributed by atoms with Gasteiger partial charge in [0.25, 0.3) is 5.91 Å². The van der Waals surface area contributed by atoms with Crippen LogP contribution in [0.5, 0.6) is 5.88 Å². The van der Waals surface area contributed by atoms with E-state index in [9.17, 15) is 4.79 Å². The molecule has 5 nitrogen and oxygen atoms in total. The second-order valence-corrected chi connectivity index (χ2v) is 5.33. The Morgan fingerprint density at radius 2 is 2.25 bits per heavy atom. The highest BCUT2D eigenvalue weighted by Gasteiger charge is 2.28. The molecule has 20 heavy (non-hydrogen) atoms. The van der Waals surface area contributed by atoms with E-state index in [-0.39, 0.29) is 24.4 Å². The van der Waals surface area contributed by atoms with Crippen molar-refractivity contribution in [2.24, 2.45) is 0 Å². The predicted octanol–water partition coefficient (Wildman–Crippen LogP) is 1.68. The third-order valence-corrected chi connectivity index (χ3v) is 3.59. The fourth-order valence-corrected chi connectivity index (χ4v) is 2.15. The van der Waals surface area contributed by atoms with Crippen LogP contribution in [0.1, 0.15) is 23.7 Å². The Labute approximate surface area is 126 Å². The van der Waals surface area contributed by atoms with Crippen LogP contribution in [0.2, 0.25) is 0 Å². The zero-order valence-corrected chi connectivity index (χ0v) is 13.2. The first kappa shape index (κ1) is 16.7. The number of amides is 1. The number of fused-ring (bicyclic) bond motifs is 1. The minimum absolute atomic E-state index is 0. The van der Waals surface area contributed by atoms with Gasteiger partial charge in [-0.05, 0) is 33.2 Å². The molecule has 1 aromatic rings. The van der Waals surface area contributed by atoms with Crippen LogP contribution in [-0.4, -0.2) is 60.5 Å². The van der Waals surface area contributed by atoms with Gasteiger partial charge in [0.1, 0.15) is 11.7 Å². The van der Waals surface area contributed by atoms with Crippen molar-refractivity contribution in [2.45, 2.75) is 25.5 Å². The van der Waals surface area contributed by atoms with Crippen molar-refractivity contribution in [1.82, 2.24) is 14.8 Å². The summed E-state index contributed by atoms with van der Waals surface area (Å²) in [6, 6.07) is 3.91. The molecule has 0 aliphatic carbocycles. The van der Waals surface area contributed by atoms with Crippen LogP contribution >= 0.6 is 12.4 Å². The molecule has 1 aliphatic heterocycles. The lowest BCUT2D eigenvalue weighted by atomic mass is 10.1. The van der Waals surface area contributed by atoms with Gasteiger partial charge in [0.15, 0.2) is 0 Å². The minimum atomic E-state index is -0.0255. The molecular weight excluding hydrogens is 278 g/mol. The molecule has 0 saturated carbocycles. The van der Waals surface area contributed by atoms with E-state index in [4.69, 9.17) is 4.74 Å². The lowest BCUT2D eigenvalue weighted by Gasteiger charge is -2.26. The van der Waals surface area contributed by atoms with Crippen molar-refractivity contribution in [3.05, 3.63) is 23.9 Å². The SMILES string of the molecule is CC(CC1CN(C)C(=O)c2cccnc2O1)N(C)C.Cl. The summed E-state index contributed by atoms with van der Waals surface area (Å²) in [7, 11) is 5.89. The van der Waals surface area contributed by atoms with Gasteiger partial charge >= 0.3 is 0 Å². The van der Waals surface area contributed by atoms with E-state index in [1.807, 2.05) is 14.1 Å². The molecule has 1 amide bonds. The number of hydrogen-bond donors (Lipinski definition) is 0. The largest absolute Gasteiger partial charge is 0.472 e. The zero-order valence-electron chi connectivity index (χ0n) is 12.4. The molecule has 2 rings (SSSR count). The number of pyridine rings is 1. The third-order valence-electron chi connectivity index (χ3n) is 3.59. The maximum atomic E-state index is 12.2. The molecule has 1 aromatic heterocycles. The van der Waals surface area contributed by atoms with Crippen LogP contribution in [0.15, 0.2) is 18.3 Å². The van der Waals surface area contributed by atoms with Crippen molar-refractivity contribution in [3.8, 4) is 5.88 Å². The van der Waals surface area contributed by atoms with Crippen LogP contribution in [0, 0.1) is 0 Å². The van der Waals surface area contributed by atoms with Crippen LogP contribution in [0.4, 0.5) is 0 Å². The van der Waals surface area contributed by atoms with Gasteiger partial charge in [-0.25, -0.2) is 4.98 Å². The summed E-state index contributed by atoms with van der Waals surface area (Å²) in [6.45, 7) is 2.74. The van der Waals surface area contributed by atoms with Gasteiger partial charge in [0, 0.05) is 25.7 Å². The van der Waals surface area contributed by atoms with E-state index in [2.05, 4.69) is 16.8 Å². The first-order valence-electron chi connectivity index (χ1n) is 6.52. The summed E-state index contributed by atoms with van der Waals surface area (Å²) < 4.78 is 5.92. The van der Waals surface area contributed by atoms with E-state index < -0.39 is 0 Å². The predicted molar refractivity (Wildman–Crippen MR) is 80.6 cm³/mol. The van der Waals surface area contributed by atoms with E-state index in [1.54, 1.807) is 30.3 Å². The van der Waals surface area contributed by atoms with Crippen LogP contribution < -0.4 is 4.74 Å². The molecule has 0 bridgehead atoms. The van der Waals surface area contributed by atoms with Gasteiger partial charge in [-0.15, -0.1) is 12.4 Å². The number of ether oxygens (including phenoxy) is 1. The lowest BCUT2D eigenvalue weighted by molar-refractivity contribution is 0.0732. The van der Waals surface area contributed by atoms with Crippen molar-refractivity contribution in [2.75, 3.05) is 27.7 Å². The van der Waals surface area contributed by atoms with Gasteiger partial charge in [-0.2, -0.15) is 0 Å². The molecular formula is C14H22ClN3O2. The standard InChI is InChI=1S/C14H21N3O2.ClH/c1-10(16(2)3)8-11-9-17(4)14(18)12-6-5-7-15-13(12)19-11;/h5-7,10-11H,8-9H2,1-4H3;1H. The number of nitrogens with zero attached hydrogens (tertiary/aromatic N) is 3. The zero-order chi connectivity index (χ0) is 14.0. The Morgan fingerprint density at radius 3 is 2.90 bits per heavy atom. The smallest absolute Gasteiger partial charge is 0.259 e. The molecule has 0 N–H and O–H groups in total. The molecule has 1 aliphatic rings. The van der Waals surface area contributed by atoms with Crippen LogP contribution in [-0.2, 0) is 0 Å². The maximum Gasteiger partial charge on any atom is 0.259 e. The van der Waals surface area contributed by atoms with E-state index in [0.717, 1.165) is 6.42 Å². The van der Waals surface area contributed by atoms with Gasteiger partial charge in [0.05, 0.1) is 6.54 Å². The number of carbonyl (C=O) groups excluding carboxylic acids is 1. The highest BCUT2D eigenvalue weighted by atomic mass is 35.5. The Balaban J connectivity index is 0.00000200. The Bertz CT molecular complexity index is 467. The molecule has 0 radical (unpaired) electrons. The molecule has 6 heteroatoms. The Kier molecular flexibility index (Phi) is 5.77. The molecule has 2 atom stereocenters. The maximum absolute atomic E-state index is 12.2. The fourth-order valence-electron chi connectivity index (χ4n) is 2.15. The lowest BCUT2D eigenvalue weighted by Crippen LogP contribution is -2.38. The number of likely N-dealkylation sites (N-methyl/N-ethyl adjacent to an activating group) is 1. The fraction of sp³-hybridized carbons (Fsp3) is 0.571. The van der Waals surface area contributed by atoms with Gasteiger partial charge in [0.2, 0.25) is 5.88 Å². The molecule has 0 saturated heterocycles. The van der Waals surface area contributed by atoms with Crippen molar-refractivity contribution in [3.63, 3.8) is 0 Å². The summed E-state index contributed by atoms with van der Waals surface area (Å²) in [5, 5.41) is 0. The second-order valence-electron chi connectivity index (χ2n) is 5.33. The van der Waals surface area contributed by atoms with E-state index >= 15 is 0 Å². The number of hydrogen-bond acceptors (Lipinski definition) is 4. The quantitative estimate of drug-likeness (QED) is 0.852. The molecule has 0 fully saturated rings. The van der Waals surface area contributed by atoms with Crippen LogP contribution in [0.25, 0.3) is 0 Å². The number of carbonyl (C=O) groups is 1. The Morgan fingerprint density at radius 1 is 1.55 bits per heavy atom. The van der Waals surface area contributed by atoms with E-state index in [1.165, 1.54) is 0 Å². The summed E-state index contributed by atoms with van der Waals surface area (Å²) in [5.41, 5.74) is 0.546. The van der Waals surface area contributed by atoms with Gasteiger partial charge < -0.3 is 14.5 Å². The van der Waals surface area contributed by atoms with Crippen molar-refractivity contribution < 1.29 is 9.53 Å². The summed E-state index contributed by atoms with van der Waals surface area (Å²) in [5.74, 6) is 0.427.